The van der Waals surface area contributed by atoms with Crippen LogP contribution in [0.2, 0.25) is 0 Å². The monoisotopic (exact) mass is 195 g/mol. The highest BCUT2D eigenvalue weighted by Gasteiger charge is 2.07. The highest BCUT2D eigenvalue weighted by Crippen LogP contribution is 1.73. The quantitative estimate of drug-likeness (QED) is 0.303. The maximum absolute atomic E-state index is 9.60. The van der Waals surface area contributed by atoms with E-state index in [1.165, 1.54) is 0 Å². The lowest BCUT2D eigenvalue weighted by molar-refractivity contribution is -0.159. The third kappa shape index (κ3) is 10.3. The number of carboxylic acids is 3. The summed E-state index contributed by atoms with van der Waals surface area (Å²) in [5, 5.41) is 30.8. The van der Waals surface area contributed by atoms with Crippen molar-refractivity contribution in [3.05, 3.63) is 0 Å². The predicted molar refractivity (Wildman–Crippen MR) is 38.0 cm³/mol. The number of hydrogen-bond donors (Lipinski definition) is 5. The molecule has 0 aromatic carbocycles. The Labute approximate surface area is 72.2 Å². The van der Waals surface area contributed by atoms with Gasteiger partial charge in [-0.15, -0.1) is 0 Å². The molecule has 0 bridgehead atoms. The summed E-state index contributed by atoms with van der Waals surface area (Å²) in [5.74, 6) is -4.92. The van der Waals surface area contributed by atoms with Gasteiger partial charge in [0, 0.05) is 6.54 Å². The highest BCUT2D eigenvalue weighted by molar-refractivity contribution is 6.27. The molecule has 13 heavy (non-hydrogen) atoms. The lowest BCUT2D eigenvalue weighted by atomic mass is 10.4. The fourth-order valence-corrected chi connectivity index (χ4v) is 0.101. The van der Waals surface area contributed by atoms with Crippen LogP contribution in [0.5, 0.6) is 0 Å². The third-order valence-electron chi connectivity index (χ3n) is 0.691. The molecule has 0 heterocycles. The smallest absolute Gasteiger partial charge is 0.414 e. The van der Waals surface area contributed by atoms with Gasteiger partial charge < -0.3 is 26.2 Å². The number of aliphatic hydroxyl groups is 1. The molecule has 8 heteroatoms. The summed E-state index contributed by atoms with van der Waals surface area (Å²) in [6.07, 6.45) is -1.40. The van der Waals surface area contributed by atoms with Crippen molar-refractivity contribution >= 4 is 17.9 Å². The van der Waals surface area contributed by atoms with E-state index in [9.17, 15) is 4.79 Å². The van der Waals surface area contributed by atoms with Crippen LogP contribution in [0, 0.1) is 0 Å². The Morgan fingerprint density at radius 3 is 1.38 bits per heavy atom. The average Bonchev–Trinajstić information content (AvgIpc) is 2.03. The molecule has 1 unspecified atom stereocenters. The second kappa shape index (κ2) is 7.00. The first-order valence-electron chi connectivity index (χ1n) is 2.90. The van der Waals surface area contributed by atoms with Crippen LogP contribution in [0.3, 0.4) is 0 Å². The molecular weight excluding hydrogens is 186 g/mol. The zero-order chi connectivity index (χ0) is 11.0. The van der Waals surface area contributed by atoms with Crippen molar-refractivity contribution in [2.75, 3.05) is 6.54 Å². The van der Waals surface area contributed by atoms with Crippen LogP contribution in [-0.4, -0.2) is 51.0 Å². The molecule has 0 saturated carbocycles. The van der Waals surface area contributed by atoms with Crippen LogP contribution in [0.25, 0.3) is 0 Å². The van der Waals surface area contributed by atoms with Crippen molar-refractivity contribution in [1.29, 1.82) is 0 Å². The van der Waals surface area contributed by atoms with E-state index in [0.717, 1.165) is 0 Å². The molecule has 1 atom stereocenters. The Balaban J connectivity index is 0. The average molecular weight is 195 g/mol. The van der Waals surface area contributed by atoms with Crippen LogP contribution in [0.1, 0.15) is 0 Å². The minimum Gasteiger partial charge on any atom is -0.479 e. The minimum absolute atomic E-state index is 0.227. The summed E-state index contributed by atoms with van der Waals surface area (Å²) < 4.78 is 0. The molecule has 0 aliphatic heterocycles. The second-order valence-corrected chi connectivity index (χ2v) is 1.70. The van der Waals surface area contributed by atoms with Crippen LogP contribution in [0.4, 0.5) is 0 Å². The van der Waals surface area contributed by atoms with E-state index < -0.39 is 24.0 Å². The molecule has 8 nitrogen and oxygen atoms in total. The summed E-state index contributed by atoms with van der Waals surface area (Å²) in [7, 11) is 0. The fourth-order valence-electron chi connectivity index (χ4n) is 0.101. The Morgan fingerprint density at radius 1 is 1.08 bits per heavy atom. The summed E-state index contributed by atoms with van der Waals surface area (Å²) in [6.45, 7) is -0.227. The molecule has 0 aliphatic carbocycles. The molecule has 0 rings (SSSR count). The van der Waals surface area contributed by atoms with E-state index >= 15 is 0 Å². The van der Waals surface area contributed by atoms with Crippen molar-refractivity contribution in [1.82, 2.24) is 0 Å². The molecule has 6 N–H and O–H groups in total. The maximum Gasteiger partial charge on any atom is 0.414 e. The molecule has 0 amide bonds. The van der Waals surface area contributed by atoms with Gasteiger partial charge in [-0.2, -0.15) is 0 Å². The van der Waals surface area contributed by atoms with Gasteiger partial charge in [0.2, 0.25) is 0 Å². The third-order valence-corrected chi connectivity index (χ3v) is 0.691. The van der Waals surface area contributed by atoms with Gasteiger partial charge in [-0.3, -0.25) is 0 Å². The molecule has 0 aromatic rings. The normalized spacial score (nSPS) is 10.6. The summed E-state index contributed by atoms with van der Waals surface area (Å²) in [4.78, 5) is 27.8. The Morgan fingerprint density at radius 2 is 1.38 bits per heavy atom. The molecule has 0 radical (unpaired) electrons. The number of hydrogen-bond acceptors (Lipinski definition) is 5. The standard InChI is InChI=1S/C3H7NO3.C2H2O4/c4-1-2(5)3(6)7;3-1(4)2(5)6/h2,5H,1,4H2,(H,6,7);(H,3,4)(H,5,6). The number of aliphatic carboxylic acids is 3. The molecule has 0 saturated heterocycles. The summed E-state index contributed by atoms with van der Waals surface area (Å²) >= 11 is 0. The Hall–Kier alpha value is -1.67. The van der Waals surface area contributed by atoms with Gasteiger partial charge in [-0.05, 0) is 0 Å². The van der Waals surface area contributed by atoms with E-state index in [4.69, 9.17) is 35.7 Å². The maximum atomic E-state index is 9.60. The number of carbonyl (C=O) groups is 3. The van der Waals surface area contributed by atoms with E-state index in [0.29, 0.717) is 0 Å². The van der Waals surface area contributed by atoms with Crippen LogP contribution < -0.4 is 5.73 Å². The van der Waals surface area contributed by atoms with Crippen molar-refractivity contribution in [3.63, 3.8) is 0 Å². The molecule has 0 spiro atoms. The molecule has 0 aromatic heterocycles. The molecule has 0 fully saturated rings. The van der Waals surface area contributed by atoms with Gasteiger partial charge in [0.25, 0.3) is 0 Å². The minimum atomic E-state index is -1.82. The Kier molecular flexibility index (Phi) is 7.48. The van der Waals surface area contributed by atoms with Gasteiger partial charge in [0.15, 0.2) is 6.10 Å². The van der Waals surface area contributed by atoms with Gasteiger partial charge >= 0.3 is 17.9 Å². The number of aliphatic hydroxyl groups excluding tert-OH is 1. The first-order chi connectivity index (χ1) is 5.82. The summed E-state index contributed by atoms with van der Waals surface area (Å²) in [6, 6.07) is 0. The lowest BCUT2D eigenvalue weighted by Crippen LogP contribution is -2.28. The number of nitrogens with two attached hydrogens (primary N) is 1. The van der Waals surface area contributed by atoms with Crippen molar-refractivity contribution in [3.8, 4) is 0 Å². The largest absolute Gasteiger partial charge is 0.479 e. The number of carboxylic acid groups (broad SMARTS) is 3. The topological polar surface area (TPSA) is 158 Å². The van der Waals surface area contributed by atoms with Crippen molar-refractivity contribution in [2.24, 2.45) is 5.73 Å². The second-order valence-electron chi connectivity index (χ2n) is 1.70. The van der Waals surface area contributed by atoms with Crippen molar-refractivity contribution < 1.29 is 34.8 Å². The zero-order valence-corrected chi connectivity index (χ0v) is 6.38. The van der Waals surface area contributed by atoms with E-state index in [-0.39, 0.29) is 6.54 Å². The Bertz CT molecular complexity index is 189. The van der Waals surface area contributed by atoms with Crippen LogP contribution in [0.15, 0.2) is 0 Å². The zero-order valence-electron chi connectivity index (χ0n) is 6.38. The summed E-state index contributed by atoms with van der Waals surface area (Å²) in [5.41, 5.74) is 4.74. The fraction of sp³-hybridized carbons (Fsp3) is 0.400. The van der Waals surface area contributed by atoms with Gasteiger partial charge in [0.1, 0.15) is 0 Å². The van der Waals surface area contributed by atoms with Gasteiger partial charge in [0.05, 0.1) is 0 Å². The van der Waals surface area contributed by atoms with E-state index in [1.54, 1.807) is 0 Å². The van der Waals surface area contributed by atoms with E-state index in [1.807, 2.05) is 0 Å². The van der Waals surface area contributed by atoms with Crippen molar-refractivity contribution in [2.45, 2.75) is 6.10 Å². The first kappa shape index (κ1) is 13.9. The first-order valence-corrected chi connectivity index (χ1v) is 2.90. The predicted octanol–water partition coefficient (Wildman–Crippen LogP) is -2.45. The van der Waals surface area contributed by atoms with E-state index in [2.05, 4.69) is 0 Å². The van der Waals surface area contributed by atoms with Crippen LogP contribution >= 0.6 is 0 Å². The van der Waals surface area contributed by atoms with Gasteiger partial charge in [-0.25, -0.2) is 14.4 Å². The molecular formula is C5H9NO7. The highest BCUT2D eigenvalue weighted by atomic mass is 16.4. The number of rotatable bonds is 2. The SMILES string of the molecule is NCC(O)C(=O)O.O=C(O)C(=O)O. The molecule has 76 valence electrons. The van der Waals surface area contributed by atoms with Crippen LogP contribution in [-0.2, 0) is 14.4 Å². The van der Waals surface area contributed by atoms with Gasteiger partial charge in [-0.1, -0.05) is 0 Å². The lowest BCUT2D eigenvalue weighted by Gasteiger charge is -1.96. The molecule has 0 aliphatic rings.